The van der Waals surface area contributed by atoms with E-state index in [-0.39, 0.29) is 12.4 Å². The van der Waals surface area contributed by atoms with Crippen LogP contribution in [0, 0.1) is 0 Å². The molecule has 1 rings (SSSR count). The third-order valence-corrected chi connectivity index (χ3v) is 1.33. The van der Waals surface area contributed by atoms with E-state index in [9.17, 15) is 9.90 Å². The molecular weight excluding hydrogens is 158 g/mol. The molecule has 0 atom stereocenters. The largest absolute Gasteiger partial charge is 0.480 e. The van der Waals surface area contributed by atoms with Crippen LogP contribution in [0.5, 0.6) is 0 Å². The summed E-state index contributed by atoms with van der Waals surface area (Å²) in [5.74, 6) is -1.41. The molecule has 12 heavy (non-hydrogen) atoms. The fourth-order valence-electron chi connectivity index (χ4n) is 0.783. The maximum absolute atomic E-state index is 11.0. The van der Waals surface area contributed by atoms with Crippen molar-refractivity contribution in [3.8, 4) is 0 Å². The van der Waals surface area contributed by atoms with Crippen molar-refractivity contribution in [2.75, 3.05) is 6.54 Å². The topological polar surface area (TPSA) is 69.2 Å². The molecule has 1 radical (unpaired) electrons. The van der Waals surface area contributed by atoms with Crippen LogP contribution in [0.2, 0.25) is 0 Å². The minimum Gasteiger partial charge on any atom is -0.480 e. The summed E-state index contributed by atoms with van der Waals surface area (Å²) in [4.78, 5) is 10.1. The molecule has 0 aromatic heterocycles. The standard InChI is InChI=1S/C8H8NO3/c10-7(11)5-9-8(12)6-3-1-2-4-6/h1-4,9H,5H2,(H,10,11). The van der Waals surface area contributed by atoms with Gasteiger partial charge in [-0.2, -0.15) is 0 Å². The van der Waals surface area contributed by atoms with Gasteiger partial charge in [-0.25, -0.2) is 0 Å². The van der Waals surface area contributed by atoms with Crippen LogP contribution in [0.15, 0.2) is 35.8 Å². The number of nitrogens with one attached hydrogen (secondary N) is 1. The fraction of sp³-hybridized carbons (Fsp3) is 0.125. The maximum atomic E-state index is 11.0. The quantitative estimate of drug-likeness (QED) is 0.597. The van der Waals surface area contributed by atoms with Crippen LogP contribution < -0.4 is 5.32 Å². The van der Waals surface area contributed by atoms with Gasteiger partial charge in [0.05, 0.1) is 0 Å². The Hall–Kier alpha value is -1.71. The number of hydrogen-bond donors (Lipinski definition) is 2. The van der Waals surface area contributed by atoms with E-state index < -0.39 is 5.97 Å². The second kappa shape index (κ2) is 3.61. The first-order valence-corrected chi connectivity index (χ1v) is 3.42. The van der Waals surface area contributed by atoms with Gasteiger partial charge >= 0.3 is 5.97 Å². The number of aliphatic carboxylic acids is 1. The summed E-state index contributed by atoms with van der Waals surface area (Å²) in [7, 11) is 0. The molecule has 0 saturated heterocycles. The average molecular weight is 166 g/mol. The van der Waals surface area contributed by atoms with Crippen molar-refractivity contribution in [2.24, 2.45) is 0 Å². The first-order valence-electron chi connectivity index (χ1n) is 3.42. The van der Waals surface area contributed by atoms with Crippen LogP contribution in [0.3, 0.4) is 0 Å². The van der Waals surface area contributed by atoms with Gasteiger partial charge in [0.1, 0.15) is 6.54 Å². The molecule has 2 N–H and O–H groups in total. The second-order valence-electron chi connectivity index (χ2n) is 2.25. The number of rotatable bonds is 3. The second-order valence-corrected chi connectivity index (χ2v) is 2.25. The highest BCUT2D eigenvalue weighted by Gasteiger charge is 2.05. The van der Waals surface area contributed by atoms with Gasteiger partial charge in [0.25, 0.3) is 5.88 Å². The van der Waals surface area contributed by atoms with Gasteiger partial charge in [-0.15, -0.1) is 0 Å². The summed E-state index contributed by atoms with van der Waals surface area (Å²) < 4.78 is 0. The third kappa shape index (κ3) is 2.16. The van der Waals surface area contributed by atoms with E-state index >= 15 is 0 Å². The van der Waals surface area contributed by atoms with Gasteiger partial charge in [-0.05, 0) is 12.2 Å². The van der Waals surface area contributed by atoms with Crippen LogP contribution in [0.25, 0.3) is 0 Å². The van der Waals surface area contributed by atoms with Crippen LogP contribution >= 0.6 is 0 Å². The van der Waals surface area contributed by atoms with Crippen LogP contribution in [0.1, 0.15) is 0 Å². The summed E-state index contributed by atoms with van der Waals surface area (Å²) >= 11 is 0. The molecule has 4 nitrogen and oxygen atoms in total. The Morgan fingerprint density at radius 2 is 2.00 bits per heavy atom. The zero-order valence-electron chi connectivity index (χ0n) is 6.28. The van der Waals surface area contributed by atoms with Crippen molar-refractivity contribution in [1.82, 2.24) is 5.32 Å². The van der Waals surface area contributed by atoms with Crippen molar-refractivity contribution in [1.29, 1.82) is 0 Å². The molecule has 0 bridgehead atoms. The van der Waals surface area contributed by atoms with E-state index in [1.807, 2.05) is 0 Å². The number of carboxylic acid groups (broad SMARTS) is 1. The monoisotopic (exact) mass is 166 g/mol. The van der Waals surface area contributed by atoms with Crippen molar-refractivity contribution < 1.29 is 15.0 Å². The van der Waals surface area contributed by atoms with Gasteiger partial charge in [0.2, 0.25) is 0 Å². The molecule has 0 spiro atoms. The Kier molecular flexibility index (Phi) is 2.53. The molecule has 0 saturated carbocycles. The van der Waals surface area contributed by atoms with Crippen LogP contribution in [-0.2, 0) is 9.90 Å². The predicted octanol–water partition coefficient (Wildman–Crippen LogP) is 0.429. The molecule has 0 aromatic rings. The minimum absolute atomic E-state index is 0.343. The van der Waals surface area contributed by atoms with E-state index in [1.54, 1.807) is 24.3 Å². The Morgan fingerprint density at radius 1 is 1.42 bits per heavy atom. The Bertz CT molecular complexity index is 262. The highest BCUT2D eigenvalue weighted by atomic mass is 16.4. The maximum Gasteiger partial charge on any atom is 0.322 e. The summed E-state index contributed by atoms with van der Waals surface area (Å²) in [6.07, 6.45) is 6.68. The number of carbonyl (C=O) groups is 1. The highest BCUT2D eigenvalue weighted by Crippen LogP contribution is 2.09. The van der Waals surface area contributed by atoms with Crippen LogP contribution in [0.4, 0.5) is 0 Å². The normalized spacial score (nSPS) is 13.5. The van der Waals surface area contributed by atoms with Crippen molar-refractivity contribution in [3.63, 3.8) is 0 Å². The van der Waals surface area contributed by atoms with Gasteiger partial charge < -0.3 is 10.4 Å². The average Bonchev–Trinajstić information content (AvgIpc) is 2.51. The fourth-order valence-corrected chi connectivity index (χ4v) is 0.783. The molecule has 1 aliphatic carbocycles. The lowest BCUT2D eigenvalue weighted by molar-refractivity contribution is -0.136. The van der Waals surface area contributed by atoms with Gasteiger partial charge in [-0.1, -0.05) is 12.2 Å². The van der Waals surface area contributed by atoms with Crippen molar-refractivity contribution in [3.05, 3.63) is 35.8 Å². The Labute approximate surface area is 69.5 Å². The predicted molar refractivity (Wildman–Crippen MR) is 41.6 cm³/mol. The minimum atomic E-state index is -1.05. The molecular formula is C8H8NO3. The molecule has 0 aromatic carbocycles. The lowest BCUT2D eigenvalue weighted by Gasteiger charge is -1.99. The van der Waals surface area contributed by atoms with Gasteiger partial charge in [0, 0.05) is 5.57 Å². The Morgan fingerprint density at radius 3 is 2.50 bits per heavy atom. The lowest BCUT2D eigenvalue weighted by Crippen LogP contribution is -2.21. The summed E-state index contributed by atoms with van der Waals surface area (Å²) in [5.41, 5.74) is 0.483. The molecule has 0 fully saturated rings. The van der Waals surface area contributed by atoms with E-state index in [1.165, 1.54) is 0 Å². The summed E-state index contributed by atoms with van der Waals surface area (Å²) in [6.45, 7) is -0.343. The highest BCUT2D eigenvalue weighted by molar-refractivity contribution is 5.69. The summed E-state index contributed by atoms with van der Waals surface area (Å²) in [5, 5.41) is 21.5. The van der Waals surface area contributed by atoms with E-state index in [4.69, 9.17) is 5.11 Å². The van der Waals surface area contributed by atoms with Crippen LogP contribution in [-0.4, -0.2) is 17.6 Å². The van der Waals surface area contributed by atoms with E-state index in [0.29, 0.717) is 5.57 Å². The smallest absolute Gasteiger partial charge is 0.322 e. The zero-order chi connectivity index (χ0) is 8.97. The molecule has 0 heterocycles. The molecule has 1 aliphatic rings. The first kappa shape index (κ1) is 8.39. The Balaban J connectivity index is 2.52. The molecule has 4 heteroatoms. The SMILES string of the molecule is [O]C(NCC(=O)O)=C1C=CC=C1. The molecule has 0 amide bonds. The number of allylic oxidation sites excluding steroid dienone is 5. The lowest BCUT2D eigenvalue weighted by atomic mass is 10.3. The van der Waals surface area contributed by atoms with Crippen molar-refractivity contribution in [2.45, 2.75) is 0 Å². The number of hydrogen-bond acceptors (Lipinski definition) is 2. The van der Waals surface area contributed by atoms with E-state index in [2.05, 4.69) is 5.32 Å². The first-order chi connectivity index (χ1) is 5.70. The summed E-state index contributed by atoms with van der Waals surface area (Å²) in [6, 6.07) is 0. The zero-order valence-corrected chi connectivity index (χ0v) is 6.28. The van der Waals surface area contributed by atoms with Gasteiger partial charge in [-0.3, -0.25) is 9.90 Å². The molecule has 0 unspecified atom stereocenters. The third-order valence-electron chi connectivity index (χ3n) is 1.33. The van der Waals surface area contributed by atoms with E-state index in [0.717, 1.165) is 0 Å². The van der Waals surface area contributed by atoms with Gasteiger partial charge in [0.15, 0.2) is 0 Å². The molecule has 63 valence electrons. The van der Waals surface area contributed by atoms with Crippen molar-refractivity contribution >= 4 is 5.97 Å². The molecule has 0 aliphatic heterocycles. The number of carboxylic acids is 1.